The zero-order chi connectivity index (χ0) is 14.5. The summed E-state index contributed by atoms with van der Waals surface area (Å²) in [6.45, 7) is 2.00. The number of esters is 1. The molecule has 0 bridgehead atoms. The van der Waals surface area contributed by atoms with Crippen LogP contribution in [0.1, 0.15) is 17.3 Å². The van der Waals surface area contributed by atoms with Crippen molar-refractivity contribution in [3.8, 4) is 0 Å². The number of carbonyl (C=O) groups excluding carboxylic acids is 1. The average molecular weight is 313 g/mol. The van der Waals surface area contributed by atoms with Crippen molar-refractivity contribution in [2.24, 2.45) is 0 Å². The Kier molecular flexibility index (Phi) is 4.70. The highest BCUT2D eigenvalue weighted by molar-refractivity contribution is 6.33. The van der Waals surface area contributed by atoms with Crippen LogP contribution in [0.2, 0.25) is 10.3 Å². The Morgan fingerprint density at radius 2 is 2.15 bits per heavy atom. The molecule has 0 aliphatic rings. The average Bonchev–Trinajstić information content (AvgIpc) is 2.44. The molecular weight excluding hydrogens is 303 g/mol. The van der Waals surface area contributed by atoms with Crippen LogP contribution in [0.25, 0.3) is 0 Å². The standard InChI is InChI=1S/C12H10Cl2N4O2/c1-2-20-11(19)7-4-3-5-15-9(7)17-10-8(13)6-16-12(14)18-10/h3-6H,2H2,1H3,(H,15,16,17,18). The van der Waals surface area contributed by atoms with Gasteiger partial charge in [-0.15, -0.1) is 0 Å². The fraction of sp³-hybridized carbons (Fsp3) is 0.167. The monoisotopic (exact) mass is 312 g/mol. The van der Waals surface area contributed by atoms with Gasteiger partial charge in [0.2, 0.25) is 5.28 Å². The fourth-order valence-electron chi connectivity index (χ4n) is 1.42. The number of hydrogen-bond acceptors (Lipinski definition) is 6. The predicted molar refractivity (Wildman–Crippen MR) is 75.5 cm³/mol. The normalized spacial score (nSPS) is 10.2. The molecule has 2 heterocycles. The van der Waals surface area contributed by atoms with Crippen molar-refractivity contribution in [1.82, 2.24) is 15.0 Å². The molecule has 6 nitrogen and oxygen atoms in total. The van der Waals surface area contributed by atoms with Gasteiger partial charge >= 0.3 is 5.97 Å². The first-order chi connectivity index (χ1) is 9.61. The van der Waals surface area contributed by atoms with E-state index in [1.54, 1.807) is 19.1 Å². The minimum Gasteiger partial charge on any atom is -0.462 e. The summed E-state index contributed by atoms with van der Waals surface area (Å²) >= 11 is 11.7. The van der Waals surface area contributed by atoms with Crippen molar-refractivity contribution in [3.63, 3.8) is 0 Å². The molecule has 0 amide bonds. The van der Waals surface area contributed by atoms with E-state index < -0.39 is 5.97 Å². The van der Waals surface area contributed by atoms with Crippen molar-refractivity contribution in [2.75, 3.05) is 11.9 Å². The maximum atomic E-state index is 11.8. The van der Waals surface area contributed by atoms with E-state index in [-0.39, 0.29) is 34.1 Å². The summed E-state index contributed by atoms with van der Waals surface area (Å²) in [6.07, 6.45) is 2.88. The van der Waals surface area contributed by atoms with Gasteiger partial charge in [-0.2, -0.15) is 4.98 Å². The largest absolute Gasteiger partial charge is 0.462 e. The molecular formula is C12H10Cl2N4O2. The maximum Gasteiger partial charge on any atom is 0.341 e. The number of carbonyl (C=O) groups is 1. The minimum atomic E-state index is -0.487. The molecule has 0 radical (unpaired) electrons. The molecule has 0 aliphatic carbocycles. The highest BCUT2D eigenvalue weighted by Crippen LogP contribution is 2.24. The molecule has 0 spiro atoms. The van der Waals surface area contributed by atoms with Crippen molar-refractivity contribution < 1.29 is 9.53 Å². The van der Waals surface area contributed by atoms with Gasteiger partial charge in [0.15, 0.2) is 5.82 Å². The van der Waals surface area contributed by atoms with Crippen molar-refractivity contribution in [2.45, 2.75) is 6.92 Å². The van der Waals surface area contributed by atoms with Gasteiger partial charge in [0.05, 0.1) is 12.8 Å². The molecule has 2 rings (SSSR count). The summed E-state index contributed by atoms with van der Waals surface area (Å²) in [6, 6.07) is 3.22. The number of hydrogen-bond donors (Lipinski definition) is 1. The molecule has 0 aromatic carbocycles. The second kappa shape index (κ2) is 6.49. The van der Waals surface area contributed by atoms with E-state index in [2.05, 4.69) is 20.3 Å². The lowest BCUT2D eigenvalue weighted by atomic mass is 10.2. The maximum absolute atomic E-state index is 11.8. The molecule has 0 unspecified atom stereocenters. The lowest BCUT2D eigenvalue weighted by Gasteiger charge is -2.10. The molecule has 0 saturated heterocycles. The number of ether oxygens (including phenoxy) is 1. The second-order valence-electron chi connectivity index (χ2n) is 3.58. The van der Waals surface area contributed by atoms with Gasteiger partial charge in [-0.3, -0.25) is 0 Å². The molecule has 2 aromatic rings. The van der Waals surface area contributed by atoms with Crippen LogP contribution >= 0.6 is 23.2 Å². The summed E-state index contributed by atoms with van der Waals surface area (Å²) in [5, 5.41) is 3.13. The van der Waals surface area contributed by atoms with Crippen molar-refractivity contribution in [3.05, 3.63) is 40.4 Å². The van der Waals surface area contributed by atoms with E-state index >= 15 is 0 Å². The first-order valence-electron chi connectivity index (χ1n) is 5.69. The first kappa shape index (κ1) is 14.5. The lowest BCUT2D eigenvalue weighted by molar-refractivity contribution is 0.0527. The van der Waals surface area contributed by atoms with Crippen molar-refractivity contribution in [1.29, 1.82) is 0 Å². The molecule has 104 valence electrons. The van der Waals surface area contributed by atoms with Crippen LogP contribution < -0.4 is 5.32 Å². The van der Waals surface area contributed by atoms with Crippen LogP contribution in [0.4, 0.5) is 11.6 Å². The molecule has 1 N–H and O–H groups in total. The SMILES string of the molecule is CCOC(=O)c1cccnc1Nc1nc(Cl)ncc1Cl. The topological polar surface area (TPSA) is 77.0 Å². The van der Waals surface area contributed by atoms with Gasteiger partial charge in [-0.25, -0.2) is 14.8 Å². The lowest BCUT2D eigenvalue weighted by Crippen LogP contribution is -2.09. The van der Waals surface area contributed by atoms with Crippen LogP contribution in [0.15, 0.2) is 24.5 Å². The third-order valence-corrected chi connectivity index (χ3v) is 2.71. The van der Waals surface area contributed by atoms with Crippen LogP contribution in [-0.2, 0) is 4.74 Å². The Labute approximate surface area is 125 Å². The summed E-state index contributed by atoms with van der Waals surface area (Å²) in [4.78, 5) is 23.6. The molecule has 8 heteroatoms. The van der Waals surface area contributed by atoms with Gasteiger partial charge in [0.1, 0.15) is 16.4 Å². The highest BCUT2D eigenvalue weighted by Gasteiger charge is 2.15. The number of rotatable bonds is 4. The molecule has 0 atom stereocenters. The van der Waals surface area contributed by atoms with Gasteiger partial charge in [-0.1, -0.05) is 11.6 Å². The summed E-state index contributed by atoms with van der Waals surface area (Å²) < 4.78 is 4.95. The quantitative estimate of drug-likeness (QED) is 0.690. The van der Waals surface area contributed by atoms with Gasteiger partial charge < -0.3 is 10.1 Å². The zero-order valence-electron chi connectivity index (χ0n) is 10.4. The van der Waals surface area contributed by atoms with Crippen LogP contribution in [0.3, 0.4) is 0 Å². The fourth-order valence-corrected chi connectivity index (χ4v) is 1.70. The Morgan fingerprint density at radius 3 is 2.90 bits per heavy atom. The van der Waals surface area contributed by atoms with Crippen LogP contribution in [0.5, 0.6) is 0 Å². The first-order valence-corrected chi connectivity index (χ1v) is 6.44. The summed E-state index contributed by atoms with van der Waals surface area (Å²) in [5.41, 5.74) is 0.278. The van der Waals surface area contributed by atoms with E-state index in [1.807, 2.05) is 0 Å². The molecule has 2 aromatic heterocycles. The Balaban J connectivity index is 2.34. The smallest absolute Gasteiger partial charge is 0.341 e. The molecule has 0 aliphatic heterocycles. The zero-order valence-corrected chi connectivity index (χ0v) is 11.9. The number of anilines is 2. The van der Waals surface area contributed by atoms with Crippen LogP contribution in [0, 0.1) is 0 Å². The number of nitrogens with zero attached hydrogens (tertiary/aromatic N) is 3. The Bertz CT molecular complexity index is 637. The highest BCUT2D eigenvalue weighted by atomic mass is 35.5. The van der Waals surface area contributed by atoms with Crippen molar-refractivity contribution >= 4 is 40.8 Å². The molecule has 20 heavy (non-hydrogen) atoms. The number of halogens is 2. The van der Waals surface area contributed by atoms with E-state index in [9.17, 15) is 4.79 Å². The van der Waals surface area contributed by atoms with Gasteiger partial charge in [0.25, 0.3) is 0 Å². The van der Waals surface area contributed by atoms with E-state index in [0.717, 1.165) is 0 Å². The third-order valence-electron chi connectivity index (χ3n) is 2.25. The second-order valence-corrected chi connectivity index (χ2v) is 4.33. The third kappa shape index (κ3) is 3.34. The number of nitrogens with one attached hydrogen (secondary N) is 1. The van der Waals surface area contributed by atoms with Gasteiger partial charge in [-0.05, 0) is 30.7 Å². The van der Waals surface area contributed by atoms with Gasteiger partial charge in [0, 0.05) is 6.20 Å². The van der Waals surface area contributed by atoms with E-state index in [4.69, 9.17) is 27.9 Å². The van der Waals surface area contributed by atoms with Crippen LogP contribution in [-0.4, -0.2) is 27.5 Å². The molecule has 0 saturated carbocycles. The number of pyridine rings is 1. The number of aromatic nitrogens is 3. The Hall–Kier alpha value is -1.92. The summed E-state index contributed by atoms with van der Waals surface area (Å²) in [7, 11) is 0. The van der Waals surface area contributed by atoms with E-state index in [1.165, 1.54) is 12.4 Å². The Morgan fingerprint density at radius 1 is 1.35 bits per heavy atom. The minimum absolute atomic E-state index is 0.0329. The summed E-state index contributed by atoms with van der Waals surface area (Å²) in [5.74, 6) is 0.0536. The molecule has 0 fully saturated rings. The van der Waals surface area contributed by atoms with E-state index in [0.29, 0.717) is 0 Å². The predicted octanol–water partition coefficient (Wildman–Crippen LogP) is 3.10.